The molecule has 80 valence electrons. The van der Waals surface area contributed by atoms with Gasteiger partial charge in [-0.15, -0.1) is 0 Å². The van der Waals surface area contributed by atoms with Crippen LogP contribution in [0.25, 0.3) is 11.1 Å². The van der Waals surface area contributed by atoms with Crippen LogP contribution in [-0.4, -0.2) is 4.98 Å². The molecule has 2 N–H and O–H groups in total. The minimum atomic E-state index is 0.612. The van der Waals surface area contributed by atoms with Gasteiger partial charge in [0.1, 0.15) is 5.82 Å². The number of nitrogens with two attached hydrogens (primary N) is 1. The Labute approximate surface area is 95.1 Å². The van der Waals surface area contributed by atoms with E-state index < -0.39 is 0 Å². The Bertz CT molecular complexity index is 532. The summed E-state index contributed by atoms with van der Waals surface area (Å²) in [4.78, 5) is 4.13. The average molecular weight is 210 g/mol. The summed E-state index contributed by atoms with van der Waals surface area (Å²) in [6, 6.07) is 10.6. The number of fused-ring (bicyclic) bond motifs is 1. The van der Waals surface area contributed by atoms with Crippen molar-refractivity contribution in [2.75, 3.05) is 5.73 Å². The molecule has 3 rings (SSSR count). The van der Waals surface area contributed by atoms with E-state index in [0.717, 1.165) is 5.56 Å². The van der Waals surface area contributed by atoms with E-state index in [2.05, 4.69) is 23.2 Å². The molecule has 0 amide bonds. The topological polar surface area (TPSA) is 38.9 Å². The van der Waals surface area contributed by atoms with Crippen LogP contribution in [0.2, 0.25) is 0 Å². The molecule has 0 saturated carbocycles. The highest BCUT2D eigenvalue weighted by atomic mass is 14.8. The van der Waals surface area contributed by atoms with Crippen LogP contribution in [0.3, 0.4) is 0 Å². The van der Waals surface area contributed by atoms with Crippen LogP contribution in [0, 0.1) is 0 Å². The van der Waals surface area contributed by atoms with Crippen LogP contribution < -0.4 is 5.73 Å². The fraction of sp³-hybridized carbons (Fsp3) is 0.214. The molecule has 0 unspecified atom stereocenters. The summed E-state index contributed by atoms with van der Waals surface area (Å²) in [7, 11) is 0. The monoisotopic (exact) mass is 210 g/mol. The van der Waals surface area contributed by atoms with Gasteiger partial charge in [0.05, 0.1) is 0 Å². The smallest absolute Gasteiger partial charge is 0.131 e. The lowest BCUT2D eigenvalue weighted by Gasteiger charge is -2.06. The summed E-state index contributed by atoms with van der Waals surface area (Å²) >= 11 is 0. The van der Waals surface area contributed by atoms with Crippen LogP contribution in [0.4, 0.5) is 5.82 Å². The Morgan fingerprint density at radius 1 is 1.06 bits per heavy atom. The number of nitrogen functional groups attached to an aromatic ring is 1. The Morgan fingerprint density at radius 3 is 2.81 bits per heavy atom. The first-order valence-electron chi connectivity index (χ1n) is 5.67. The normalized spacial score (nSPS) is 13.8. The molecule has 1 aliphatic rings. The largest absolute Gasteiger partial charge is 0.383 e. The summed E-state index contributed by atoms with van der Waals surface area (Å²) in [6.45, 7) is 0. The highest BCUT2D eigenvalue weighted by Crippen LogP contribution is 2.29. The van der Waals surface area contributed by atoms with E-state index in [4.69, 9.17) is 5.73 Å². The van der Waals surface area contributed by atoms with Crippen molar-refractivity contribution < 1.29 is 0 Å². The molecule has 2 aromatic rings. The lowest BCUT2D eigenvalue weighted by atomic mass is 10.0. The van der Waals surface area contributed by atoms with Gasteiger partial charge in [0.25, 0.3) is 0 Å². The van der Waals surface area contributed by atoms with Crippen LogP contribution in [0.5, 0.6) is 0 Å². The second kappa shape index (κ2) is 3.63. The Kier molecular flexibility index (Phi) is 2.13. The minimum absolute atomic E-state index is 0.612. The lowest BCUT2D eigenvalue weighted by molar-refractivity contribution is 0.912. The number of anilines is 1. The van der Waals surface area contributed by atoms with Crippen molar-refractivity contribution in [2.45, 2.75) is 19.3 Å². The van der Waals surface area contributed by atoms with Crippen molar-refractivity contribution in [3.63, 3.8) is 0 Å². The third-order valence-corrected chi connectivity index (χ3v) is 3.25. The zero-order valence-corrected chi connectivity index (χ0v) is 9.11. The van der Waals surface area contributed by atoms with Crippen molar-refractivity contribution in [3.05, 3.63) is 47.7 Å². The number of aryl methyl sites for hydroxylation is 2. The second-order valence-corrected chi connectivity index (χ2v) is 4.27. The number of pyridine rings is 1. The molecule has 2 nitrogen and oxygen atoms in total. The first-order valence-corrected chi connectivity index (χ1v) is 5.67. The van der Waals surface area contributed by atoms with E-state index in [-0.39, 0.29) is 0 Å². The van der Waals surface area contributed by atoms with Crippen LogP contribution in [-0.2, 0) is 12.8 Å². The van der Waals surface area contributed by atoms with Gasteiger partial charge in [-0.2, -0.15) is 0 Å². The fourth-order valence-electron chi connectivity index (χ4n) is 2.40. The molecule has 1 aliphatic carbocycles. The molecule has 0 radical (unpaired) electrons. The zero-order valence-electron chi connectivity index (χ0n) is 9.11. The third-order valence-electron chi connectivity index (χ3n) is 3.25. The number of rotatable bonds is 1. The van der Waals surface area contributed by atoms with Crippen molar-refractivity contribution in [1.82, 2.24) is 4.98 Å². The predicted octanol–water partition coefficient (Wildman–Crippen LogP) is 2.82. The van der Waals surface area contributed by atoms with Gasteiger partial charge in [0.2, 0.25) is 0 Å². The third kappa shape index (κ3) is 1.47. The summed E-state index contributed by atoms with van der Waals surface area (Å²) < 4.78 is 0. The van der Waals surface area contributed by atoms with Crippen molar-refractivity contribution in [3.8, 4) is 11.1 Å². The number of hydrogen-bond acceptors (Lipinski definition) is 2. The van der Waals surface area contributed by atoms with Gasteiger partial charge in [-0.05, 0) is 48.1 Å². The Morgan fingerprint density at radius 2 is 1.94 bits per heavy atom. The van der Waals surface area contributed by atoms with Gasteiger partial charge in [-0.3, -0.25) is 0 Å². The molecule has 0 spiro atoms. The zero-order chi connectivity index (χ0) is 11.0. The minimum Gasteiger partial charge on any atom is -0.383 e. The summed E-state index contributed by atoms with van der Waals surface area (Å²) in [6.07, 6.45) is 5.43. The Balaban J connectivity index is 2.11. The molecule has 16 heavy (non-hydrogen) atoms. The van der Waals surface area contributed by atoms with Gasteiger partial charge in [-0.1, -0.05) is 18.2 Å². The maximum Gasteiger partial charge on any atom is 0.131 e. The maximum atomic E-state index is 5.89. The second-order valence-electron chi connectivity index (χ2n) is 4.27. The number of hydrogen-bond donors (Lipinski definition) is 1. The lowest BCUT2D eigenvalue weighted by Crippen LogP contribution is -1.93. The first-order chi connectivity index (χ1) is 7.84. The Hall–Kier alpha value is -1.83. The van der Waals surface area contributed by atoms with Gasteiger partial charge in [-0.25, -0.2) is 4.98 Å². The van der Waals surface area contributed by atoms with E-state index in [1.165, 1.54) is 36.0 Å². The standard InChI is InChI=1S/C14H14N2/c15-14-13(5-2-8-16-14)12-7-6-10-3-1-4-11(10)9-12/h2,5-9H,1,3-4H2,(H2,15,16). The summed E-state index contributed by atoms with van der Waals surface area (Å²) in [5.74, 6) is 0.612. The molecule has 0 aliphatic heterocycles. The van der Waals surface area contributed by atoms with Gasteiger partial charge < -0.3 is 5.73 Å². The van der Waals surface area contributed by atoms with Gasteiger partial charge in [0.15, 0.2) is 0 Å². The van der Waals surface area contributed by atoms with Crippen LogP contribution >= 0.6 is 0 Å². The van der Waals surface area contributed by atoms with Crippen molar-refractivity contribution in [2.24, 2.45) is 0 Å². The van der Waals surface area contributed by atoms with Crippen molar-refractivity contribution >= 4 is 5.82 Å². The molecule has 1 aromatic heterocycles. The fourth-order valence-corrected chi connectivity index (χ4v) is 2.40. The molecule has 0 atom stereocenters. The van der Waals surface area contributed by atoms with E-state index >= 15 is 0 Å². The molecular weight excluding hydrogens is 196 g/mol. The molecule has 0 fully saturated rings. The quantitative estimate of drug-likeness (QED) is 0.786. The highest BCUT2D eigenvalue weighted by molar-refractivity contribution is 5.74. The van der Waals surface area contributed by atoms with E-state index in [9.17, 15) is 0 Å². The SMILES string of the molecule is Nc1ncccc1-c1ccc2c(c1)CCC2. The van der Waals surface area contributed by atoms with E-state index in [1.807, 2.05) is 12.1 Å². The van der Waals surface area contributed by atoms with Gasteiger partial charge in [0, 0.05) is 11.8 Å². The van der Waals surface area contributed by atoms with Crippen LogP contribution in [0.1, 0.15) is 17.5 Å². The highest BCUT2D eigenvalue weighted by Gasteiger charge is 2.12. The number of aromatic nitrogens is 1. The van der Waals surface area contributed by atoms with Crippen LogP contribution in [0.15, 0.2) is 36.5 Å². The molecule has 0 bridgehead atoms. The van der Waals surface area contributed by atoms with E-state index in [1.54, 1.807) is 6.20 Å². The molecule has 1 aromatic carbocycles. The average Bonchev–Trinajstić information content (AvgIpc) is 2.76. The van der Waals surface area contributed by atoms with E-state index in [0.29, 0.717) is 5.82 Å². The maximum absolute atomic E-state index is 5.89. The molecule has 1 heterocycles. The summed E-state index contributed by atoms with van der Waals surface area (Å²) in [5, 5.41) is 0. The summed E-state index contributed by atoms with van der Waals surface area (Å²) in [5.41, 5.74) is 11.1. The number of benzene rings is 1. The number of nitrogens with zero attached hydrogens (tertiary/aromatic N) is 1. The molecule has 2 heteroatoms. The molecular formula is C14H14N2. The molecule has 0 saturated heterocycles. The van der Waals surface area contributed by atoms with Crippen molar-refractivity contribution in [1.29, 1.82) is 0 Å². The van der Waals surface area contributed by atoms with Gasteiger partial charge >= 0.3 is 0 Å². The first kappa shape index (κ1) is 9.40. The predicted molar refractivity (Wildman–Crippen MR) is 66.1 cm³/mol.